The standard InChI is InChI=1S/C11H13NO5/c1-2-8-5-7(6-10(13)11(14)15)3-4-9(8)12(16)17/h3-5,10,13H,2,6H2,1H3,(H,14,15). The second-order valence-electron chi connectivity index (χ2n) is 3.63. The molecule has 0 bridgehead atoms. The lowest BCUT2D eigenvalue weighted by atomic mass is 10.0. The molecule has 0 amide bonds. The third-order valence-corrected chi connectivity index (χ3v) is 2.44. The van der Waals surface area contributed by atoms with Crippen molar-refractivity contribution in [3.8, 4) is 0 Å². The maximum Gasteiger partial charge on any atom is 0.332 e. The number of hydrogen-bond donors (Lipinski definition) is 2. The molecule has 92 valence electrons. The van der Waals surface area contributed by atoms with Crippen LogP contribution in [0.15, 0.2) is 18.2 Å². The zero-order valence-electron chi connectivity index (χ0n) is 9.29. The van der Waals surface area contributed by atoms with E-state index < -0.39 is 17.0 Å². The summed E-state index contributed by atoms with van der Waals surface area (Å²) in [5.41, 5.74) is 1.12. The second-order valence-corrected chi connectivity index (χ2v) is 3.63. The number of nitrogens with zero attached hydrogens (tertiary/aromatic N) is 1. The van der Waals surface area contributed by atoms with Crippen LogP contribution in [0.4, 0.5) is 5.69 Å². The molecule has 0 aromatic heterocycles. The summed E-state index contributed by atoms with van der Waals surface area (Å²) in [6.45, 7) is 1.78. The van der Waals surface area contributed by atoms with Crippen LogP contribution in [0, 0.1) is 10.1 Å². The van der Waals surface area contributed by atoms with Crippen LogP contribution >= 0.6 is 0 Å². The SMILES string of the molecule is CCc1cc(CC(O)C(=O)O)ccc1[N+](=O)[O-]. The molecule has 2 N–H and O–H groups in total. The van der Waals surface area contributed by atoms with Crippen molar-refractivity contribution in [1.82, 2.24) is 0 Å². The number of benzene rings is 1. The number of nitro groups is 1. The summed E-state index contributed by atoms with van der Waals surface area (Å²) in [5.74, 6) is -1.30. The monoisotopic (exact) mass is 239 g/mol. The summed E-state index contributed by atoms with van der Waals surface area (Å²) >= 11 is 0. The van der Waals surface area contributed by atoms with Crippen LogP contribution in [0.2, 0.25) is 0 Å². The molecule has 0 saturated carbocycles. The minimum Gasteiger partial charge on any atom is -0.479 e. The zero-order chi connectivity index (χ0) is 13.0. The van der Waals surface area contributed by atoms with Crippen LogP contribution in [-0.4, -0.2) is 27.2 Å². The second kappa shape index (κ2) is 5.40. The number of aliphatic hydroxyl groups excluding tert-OH is 1. The number of aliphatic carboxylic acids is 1. The van der Waals surface area contributed by atoms with Crippen molar-refractivity contribution in [2.24, 2.45) is 0 Å². The fourth-order valence-corrected chi connectivity index (χ4v) is 1.54. The Morgan fingerprint density at radius 2 is 2.18 bits per heavy atom. The minimum absolute atomic E-state index is 0.0149. The Hall–Kier alpha value is -1.95. The highest BCUT2D eigenvalue weighted by atomic mass is 16.6. The Morgan fingerprint density at radius 3 is 2.65 bits per heavy atom. The number of hydrogen-bond acceptors (Lipinski definition) is 4. The summed E-state index contributed by atoms with van der Waals surface area (Å²) < 4.78 is 0. The molecule has 0 radical (unpaired) electrons. The Morgan fingerprint density at radius 1 is 1.53 bits per heavy atom. The van der Waals surface area contributed by atoms with Gasteiger partial charge in [0.15, 0.2) is 6.10 Å². The fraction of sp³-hybridized carbons (Fsp3) is 0.364. The molecule has 1 aromatic rings. The quantitative estimate of drug-likeness (QED) is 0.592. The molecule has 1 rings (SSSR count). The number of carbonyl (C=O) groups is 1. The number of nitro benzene ring substituents is 1. The van der Waals surface area contributed by atoms with Gasteiger partial charge in [-0.3, -0.25) is 10.1 Å². The van der Waals surface area contributed by atoms with Crippen LogP contribution in [-0.2, 0) is 17.6 Å². The molecular formula is C11H13NO5. The van der Waals surface area contributed by atoms with Crippen molar-refractivity contribution in [2.75, 3.05) is 0 Å². The van der Waals surface area contributed by atoms with Crippen LogP contribution < -0.4 is 0 Å². The van der Waals surface area contributed by atoms with Crippen molar-refractivity contribution in [3.05, 3.63) is 39.4 Å². The van der Waals surface area contributed by atoms with Gasteiger partial charge in [-0.1, -0.05) is 13.0 Å². The van der Waals surface area contributed by atoms with Gasteiger partial charge in [0, 0.05) is 18.1 Å². The van der Waals surface area contributed by atoms with Gasteiger partial charge in [-0.05, 0) is 18.1 Å². The average Bonchev–Trinajstić information content (AvgIpc) is 2.28. The average molecular weight is 239 g/mol. The molecule has 0 heterocycles. The molecule has 6 heteroatoms. The Kier molecular flexibility index (Phi) is 4.17. The van der Waals surface area contributed by atoms with E-state index in [-0.39, 0.29) is 12.1 Å². The van der Waals surface area contributed by atoms with Gasteiger partial charge in [0.2, 0.25) is 0 Å². The summed E-state index contributed by atoms with van der Waals surface area (Å²) in [7, 11) is 0. The maximum atomic E-state index is 10.7. The first kappa shape index (κ1) is 13.1. The van der Waals surface area contributed by atoms with E-state index in [9.17, 15) is 20.0 Å². The molecule has 0 saturated heterocycles. The van der Waals surface area contributed by atoms with Gasteiger partial charge in [0.25, 0.3) is 5.69 Å². The first-order chi connectivity index (χ1) is 7.95. The van der Waals surface area contributed by atoms with Crippen molar-refractivity contribution < 1.29 is 19.9 Å². The highest BCUT2D eigenvalue weighted by Gasteiger charge is 2.17. The highest BCUT2D eigenvalue weighted by molar-refractivity contribution is 5.72. The molecule has 0 aliphatic heterocycles. The van der Waals surface area contributed by atoms with E-state index in [0.29, 0.717) is 17.5 Å². The number of aryl methyl sites for hydroxylation is 1. The van der Waals surface area contributed by atoms with Gasteiger partial charge in [0.05, 0.1) is 4.92 Å². The summed E-state index contributed by atoms with van der Waals surface area (Å²) in [6, 6.07) is 4.36. The Balaban J connectivity index is 2.97. The molecular weight excluding hydrogens is 226 g/mol. The maximum absolute atomic E-state index is 10.7. The molecule has 6 nitrogen and oxygen atoms in total. The predicted octanol–water partition coefficient (Wildman–Crippen LogP) is 1.15. The number of aliphatic hydroxyl groups is 1. The van der Waals surface area contributed by atoms with E-state index in [2.05, 4.69) is 0 Å². The van der Waals surface area contributed by atoms with E-state index in [4.69, 9.17) is 5.11 Å². The van der Waals surface area contributed by atoms with Gasteiger partial charge in [-0.25, -0.2) is 4.79 Å². The molecule has 0 aliphatic rings. The van der Waals surface area contributed by atoms with E-state index in [1.54, 1.807) is 13.0 Å². The van der Waals surface area contributed by atoms with E-state index in [1.165, 1.54) is 12.1 Å². The number of carboxylic acids is 1. The first-order valence-corrected chi connectivity index (χ1v) is 5.12. The largest absolute Gasteiger partial charge is 0.479 e. The predicted molar refractivity (Wildman–Crippen MR) is 59.8 cm³/mol. The van der Waals surface area contributed by atoms with Crippen molar-refractivity contribution in [2.45, 2.75) is 25.9 Å². The molecule has 1 atom stereocenters. The van der Waals surface area contributed by atoms with Crippen molar-refractivity contribution in [3.63, 3.8) is 0 Å². The molecule has 0 aliphatic carbocycles. The normalized spacial score (nSPS) is 12.1. The van der Waals surface area contributed by atoms with Crippen LogP contribution in [0.25, 0.3) is 0 Å². The summed E-state index contributed by atoms with van der Waals surface area (Å²) in [4.78, 5) is 20.7. The van der Waals surface area contributed by atoms with Gasteiger partial charge >= 0.3 is 5.97 Å². The fourth-order valence-electron chi connectivity index (χ4n) is 1.54. The molecule has 17 heavy (non-hydrogen) atoms. The van der Waals surface area contributed by atoms with Crippen molar-refractivity contribution >= 4 is 11.7 Å². The van der Waals surface area contributed by atoms with Gasteiger partial charge in [0.1, 0.15) is 0 Å². The van der Waals surface area contributed by atoms with Gasteiger partial charge < -0.3 is 10.2 Å². The number of rotatable bonds is 5. The lowest BCUT2D eigenvalue weighted by Crippen LogP contribution is -2.22. The summed E-state index contributed by atoms with van der Waals surface area (Å²) in [5, 5.41) is 28.4. The van der Waals surface area contributed by atoms with E-state index in [0.717, 1.165) is 0 Å². The highest BCUT2D eigenvalue weighted by Crippen LogP contribution is 2.21. The molecule has 0 spiro atoms. The van der Waals surface area contributed by atoms with Crippen LogP contribution in [0.5, 0.6) is 0 Å². The minimum atomic E-state index is -1.49. The van der Waals surface area contributed by atoms with Gasteiger partial charge in [-0.2, -0.15) is 0 Å². The Labute approximate surface area is 97.7 Å². The van der Waals surface area contributed by atoms with Crippen molar-refractivity contribution in [1.29, 1.82) is 0 Å². The van der Waals surface area contributed by atoms with E-state index >= 15 is 0 Å². The van der Waals surface area contributed by atoms with Crippen LogP contribution in [0.3, 0.4) is 0 Å². The number of carboxylic acid groups (broad SMARTS) is 1. The van der Waals surface area contributed by atoms with E-state index in [1.807, 2.05) is 0 Å². The van der Waals surface area contributed by atoms with Gasteiger partial charge in [-0.15, -0.1) is 0 Å². The zero-order valence-corrected chi connectivity index (χ0v) is 9.29. The molecule has 0 fully saturated rings. The van der Waals surface area contributed by atoms with Crippen LogP contribution in [0.1, 0.15) is 18.1 Å². The lowest BCUT2D eigenvalue weighted by Gasteiger charge is -2.07. The molecule has 1 aromatic carbocycles. The topological polar surface area (TPSA) is 101 Å². The summed E-state index contributed by atoms with van der Waals surface area (Å²) in [6.07, 6.45) is -1.06. The third-order valence-electron chi connectivity index (χ3n) is 2.44. The smallest absolute Gasteiger partial charge is 0.332 e. The third kappa shape index (κ3) is 3.25. The molecule has 1 unspecified atom stereocenters. The lowest BCUT2D eigenvalue weighted by molar-refractivity contribution is -0.385. The Bertz CT molecular complexity index is 443. The first-order valence-electron chi connectivity index (χ1n) is 5.12.